The Morgan fingerprint density at radius 1 is 1.26 bits per heavy atom. The van der Waals surface area contributed by atoms with Crippen LogP contribution in [-0.4, -0.2) is 29.6 Å². The van der Waals surface area contributed by atoms with E-state index in [4.69, 9.17) is 5.73 Å². The van der Waals surface area contributed by atoms with E-state index >= 15 is 0 Å². The fourth-order valence-electron chi connectivity index (χ4n) is 3.04. The van der Waals surface area contributed by atoms with Gasteiger partial charge in [0.25, 0.3) is 0 Å². The molecule has 2 unspecified atom stereocenters. The van der Waals surface area contributed by atoms with Gasteiger partial charge in [-0.25, -0.2) is 4.39 Å². The van der Waals surface area contributed by atoms with E-state index in [0.29, 0.717) is 0 Å². The van der Waals surface area contributed by atoms with Gasteiger partial charge in [0.15, 0.2) is 0 Å². The van der Waals surface area contributed by atoms with E-state index in [1.165, 1.54) is 25.0 Å². The first kappa shape index (κ1) is 14.5. The smallest absolute Gasteiger partial charge is 0.123 e. The van der Waals surface area contributed by atoms with Crippen LogP contribution >= 0.6 is 0 Å². The van der Waals surface area contributed by atoms with Crippen molar-refractivity contribution in [2.24, 2.45) is 5.73 Å². The van der Waals surface area contributed by atoms with Crippen LogP contribution in [-0.2, 0) is 6.42 Å². The maximum absolute atomic E-state index is 12.9. The van der Waals surface area contributed by atoms with Crippen LogP contribution in [0.5, 0.6) is 0 Å². The minimum absolute atomic E-state index is 0.0465. The number of rotatable bonds is 5. The van der Waals surface area contributed by atoms with Crippen LogP contribution in [0.3, 0.4) is 0 Å². The summed E-state index contributed by atoms with van der Waals surface area (Å²) in [6.45, 7) is 6.79. The molecule has 3 heteroatoms. The van der Waals surface area contributed by atoms with Crippen LogP contribution in [0.25, 0.3) is 0 Å². The number of halogens is 1. The Balaban J connectivity index is 2.07. The van der Waals surface area contributed by atoms with Gasteiger partial charge in [0.05, 0.1) is 0 Å². The minimum Gasteiger partial charge on any atom is -0.326 e. The van der Waals surface area contributed by atoms with Crippen molar-refractivity contribution in [3.8, 4) is 0 Å². The Bertz CT molecular complexity index is 398. The van der Waals surface area contributed by atoms with E-state index < -0.39 is 0 Å². The predicted octanol–water partition coefficient (Wildman–Crippen LogP) is 2.96. The van der Waals surface area contributed by atoms with Crippen LogP contribution < -0.4 is 5.73 Å². The number of hydrogen-bond acceptors (Lipinski definition) is 2. The molecule has 1 heterocycles. The second-order valence-electron chi connectivity index (χ2n) is 5.84. The molecule has 0 aliphatic carbocycles. The van der Waals surface area contributed by atoms with Crippen LogP contribution in [0.2, 0.25) is 0 Å². The number of nitrogens with two attached hydrogens (primary N) is 1. The quantitative estimate of drug-likeness (QED) is 0.886. The van der Waals surface area contributed by atoms with Crippen molar-refractivity contribution in [3.63, 3.8) is 0 Å². The molecule has 1 fully saturated rings. The molecule has 19 heavy (non-hydrogen) atoms. The summed E-state index contributed by atoms with van der Waals surface area (Å²) >= 11 is 0. The molecule has 0 saturated carbocycles. The predicted molar refractivity (Wildman–Crippen MR) is 77.6 cm³/mol. The van der Waals surface area contributed by atoms with Crippen molar-refractivity contribution >= 4 is 0 Å². The molecule has 1 aromatic rings. The van der Waals surface area contributed by atoms with E-state index in [0.717, 1.165) is 31.5 Å². The molecule has 1 saturated heterocycles. The van der Waals surface area contributed by atoms with E-state index in [2.05, 4.69) is 18.7 Å². The van der Waals surface area contributed by atoms with Gasteiger partial charge >= 0.3 is 0 Å². The largest absolute Gasteiger partial charge is 0.326 e. The summed E-state index contributed by atoms with van der Waals surface area (Å²) in [5, 5.41) is 0. The van der Waals surface area contributed by atoms with E-state index in [1.54, 1.807) is 0 Å². The first-order chi connectivity index (χ1) is 9.06. The van der Waals surface area contributed by atoms with Crippen molar-refractivity contribution < 1.29 is 4.39 Å². The lowest BCUT2D eigenvalue weighted by Gasteiger charge is -2.43. The Kier molecular flexibility index (Phi) is 4.58. The highest BCUT2D eigenvalue weighted by atomic mass is 19.1. The van der Waals surface area contributed by atoms with Gasteiger partial charge in [0, 0.05) is 11.6 Å². The summed E-state index contributed by atoms with van der Waals surface area (Å²) in [6, 6.07) is 6.80. The molecule has 2 nitrogen and oxygen atoms in total. The average molecular weight is 264 g/mol. The molecule has 1 aliphatic heterocycles. The lowest BCUT2D eigenvalue weighted by molar-refractivity contribution is 0.0999. The maximum Gasteiger partial charge on any atom is 0.123 e. The van der Waals surface area contributed by atoms with Gasteiger partial charge in [0.2, 0.25) is 0 Å². The molecule has 1 aliphatic rings. The molecule has 1 aromatic carbocycles. The van der Waals surface area contributed by atoms with Gasteiger partial charge in [0.1, 0.15) is 5.82 Å². The Labute approximate surface area is 115 Å². The number of hydrogen-bond donors (Lipinski definition) is 1. The molecule has 0 spiro atoms. The van der Waals surface area contributed by atoms with E-state index in [9.17, 15) is 4.39 Å². The first-order valence-corrected chi connectivity index (χ1v) is 7.31. The lowest BCUT2D eigenvalue weighted by Crippen LogP contribution is -2.57. The van der Waals surface area contributed by atoms with Gasteiger partial charge in [-0.1, -0.05) is 19.1 Å². The second-order valence-corrected chi connectivity index (χ2v) is 5.84. The van der Waals surface area contributed by atoms with Crippen molar-refractivity contribution in [1.29, 1.82) is 0 Å². The lowest BCUT2D eigenvalue weighted by atomic mass is 9.84. The zero-order chi connectivity index (χ0) is 13.9. The summed E-state index contributed by atoms with van der Waals surface area (Å²) in [5.74, 6) is -0.185. The molecule has 0 aromatic heterocycles. The Morgan fingerprint density at radius 3 is 2.37 bits per heavy atom. The third-order valence-corrected chi connectivity index (χ3v) is 4.71. The number of nitrogens with zero attached hydrogens (tertiary/aromatic N) is 1. The zero-order valence-electron chi connectivity index (χ0n) is 12.0. The van der Waals surface area contributed by atoms with Crippen molar-refractivity contribution in [2.45, 2.75) is 51.1 Å². The average Bonchev–Trinajstić information content (AvgIpc) is 2.95. The second kappa shape index (κ2) is 6.02. The molecule has 106 valence electrons. The topological polar surface area (TPSA) is 29.3 Å². The van der Waals surface area contributed by atoms with E-state index in [-0.39, 0.29) is 17.4 Å². The highest BCUT2D eigenvalue weighted by Crippen LogP contribution is 2.28. The van der Waals surface area contributed by atoms with Crippen LogP contribution in [0, 0.1) is 5.82 Å². The van der Waals surface area contributed by atoms with Crippen LogP contribution in [0.15, 0.2) is 24.3 Å². The van der Waals surface area contributed by atoms with Gasteiger partial charge in [-0.3, -0.25) is 4.90 Å². The SMILES string of the molecule is CCC(C)(C(N)Cc1ccc(F)cc1)N1CCCC1. The molecule has 0 bridgehead atoms. The van der Waals surface area contributed by atoms with Gasteiger partial charge in [-0.05, 0) is 63.4 Å². The zero-order valence-corrected chi connectivity index (χ0v) is 12.0. The monoisotopic (exact) mass is 264 g/mol. The molecular weight excluding hydrogens is 239 g/mol. The normalized spacial score (nSPS) is 21.3. The molecule has 0 radical (unpaired) electrons. The van der Waals surface area contributed by atoms with Gasteiger partial charge in [-0.2, -0.15) is 0 Å². The first-order valence-electron chi connectivity index (χ1n) is 7.31. The maximum atomic E-state index is 12.9. The van der Waals surface area contributed by atoms with Crippen molar-refractivity contribution in [2.75, 3.05) is 13.1 Å². The fourth-order valence-corrected chi connectivity index (χ4v) is 3.04. The summed E-state index contributed by atoms with van der Waals surface area (Å²) in [7, 11) is 0. The number of benzene rings is 1. The molecular formula is C16H25FN2. The summed E-state index contributed by atoms with van der Waals surface area (Å²) in [5.41, 5.74) is 7.64. The third kappa shape index (κ3) is 3.15. The standard InChI is InChI=1S/C16H25FN2/c1-3-16(2,19-10-4-5-11-19)15(18)12-13-6-8-14(17)9-7-13/h6-9,15H,3-5,10-12,18H2,1-2H3. The summed E-state index contributed by atoms with van der Waals surface area (Å²) in [6.07, 6.45) is 4.41. The summed E-state index contributed by atoms with van der Waals surface area (Å²) in [4.78, 5) is 2.53. The molecule has 0 amide bonds. The van der Waals surface area contributed by atoms with E-state index in [1.807, 2.05) is 12.1 Å². The Hall–Kier alpha value is -0.930. The number of likely N-dealkylation sites (tertiary alicyclic amines) is 1. The van der Waals surface area contributed by atoms with Crippen LogP contribution in [0.4, 0.5) is 4.39 Å². The summed E-state index contributed by atoms with van der Waals surface area (Å²) < 4.78 is 12.9. The van der Waals surface area contributed by atoms with Gasteiger partial charge in [-0.15, -0.1) is 0 Å². The highest BCUT2D eigenvalue weighted by molar-refractivity contribution is 5.18. The van der Waals surface area contributed by atoms with Crippen molar-refractivity contribution in [1.82, 2.24) is 4.90 Å². The fraction of sp³-hybridized carbons (Fsp3) is 0.625. The van der Waals surface area contributed by atoms with Crippen LogP contribution in [0.1, 0.15) is 38.7 Å². The van der Waals surface area contributed by atoms with Crippen molar-refractivity contribution in [3.05, 3.63) is 35.6 Å². The van der Waals surface area contributed by atoms with Gasteiger partial charge < -0.3 is 5.73 Å². The molecule has 2 rings (SSSR count). The molecule has 2 atom stereocenters. The third-order valence-electron chi connectivity index (χ3n) is 4.71. The Morgan fingerprint density at radius 2 is 1.84 bits per heavy atom. The minimum atomic E-state index is -0.185. The highest BCUT2D eigenvalue weighted by Gasteiger charge is 2.37. The molecule has 2 N–H and O–H groups in total.